The number of rotatable bonds is 9. The smallest absolute Gasteiger partial charge is 0.335 e. The number of methoxy groups -OCH3 is 2. The minimum Gasteiger partial charge on any atom is -0.503 e. The van der Waals surface area contributed by atoms with Crippen molar-refractivity contribution >= 4 is 11.9 Å². The molecule has 4 aromatic carbocycles. The molecule has 4 aromatic rings. The average molecular weight is 644 g/mol. The van der Waals surface area contributed by atoms with E-state index in [9.17, 15) is 40.8 Å². The van der Waals surface area contributed by atoms with E-state index >= 15 is 0 Å². The SMILES string of the molecule is CCCCNC(=O)c1ccc(-c2c(C#N)cc(OC)c(O)c2C#N)cc1.COc1cc(C#N)c(-c2ccc(C(=O)O)cc2)c(C#N)c1O. The molecule has 12 nitrogen and oxygen atoms in total. The fourth-order valence-electron chi connectivity index (χ4n) is 4.65. The highest BCUT2D eigenvalue weighted by molar-refractivity contribution is 5.95. The van der Waals surface area contributed by atoms with Crippen LogP contribution in [0.3, 0.4) is 0 Å². The van der Waals surface area contributed by atoms with Crippen molar-refractivity contribution in [3.8, 4) is 69.5 Å². The van der Waals surface area contributed by atoms with Crippen LogP contribution in [0.4, 0.5) is 0 Å². The topological polar surface area (TPSA) is 220 Å². The lowest BCUT2D eigenvalue weighted by Crippen LogP contribution is -2.24. The van der Waals surface area contributed by atoms with Crippen LogP contribution in [0, 0.1) is 45.3 Å². The Kier molecular flexibility index (Phi) is 12.1. The third-order valence-electron chi connectivity index (χ3n) is 7.11. The minimum atomic E-state index is -1.08. The molecular weight excluding hydrogens is 614 g/mol. The standard InChI is InChI=1S/C20H19N3O3.C16H10N2O4/c1-3-4-9-23-20(25)14-7-5-13(6-8-14)18-15(11-21)10-17(26-2)19(24)16(18)12-22;1-22-13-6-11(7-17)14(12(8-18)15(13)19)9-2-4-10(5-3-9)16(20)21/h5-8,10,24H,3-4,9H2,1-2H3,(H,23,25);2-6,19H,1H3,(H,20,21). The van der Waals surface area contributed by atoms with E-state index in [0.717, 1.165) is 12.8 Å². The number of hydrogen-bond acceptors (Lipinski definition) is 10. The highest BCUT2D eigenvalue weighted by Crippen LogP contribution is 2.41. The number of nitrogens with zero attached hydrogens (tertiary/aromatic N) is 4. The molecule has 0 heterocycles. The number of phenolic OH excluding ortho intramolecular Hbond substituents is 2. The number of carbonyl (C=O) groups is 2. The molecule has 0 fully saturated rings. The van der Waals surface area contributed by atoms with Gasteiger partial charge in [-0.1, -0.05) is 37.6 Å². The zero-order chi connectivity index (χ0) is 35.4. The summed E-state index contributed by atoms with van der Waals surface area (Å²) in [5.41, 5.74) is 2.34. The molecule has 0 unspecified atom stereocenters. The zero-order valence-corrected chi connectivity index (χ0v) is 26.2. The highest BCUT2D eigenvalue weighted by atomic mass is 16.5. The maximum Gasteiger partial charge on any atom is 0.335 e. The summed E-state index contributed by atoms with van der Waals surface area (Å²) in [5, 5.41) is 69.3. The maximum absolute atomic E-state index is 12.1. The van der Waals surface area contributed by atoms with E-state index < -0.39 is 5.97 Å². The number of nitrogens with one attached hydrogen (secondary N) is 1. The highest BCUT2D eigenvalue weighted by Gasteiger charge is 2.21. The molecule has 0 bridgehead atoms. The monoisotopic (exact) mass is 643 g/mol. The summed E-state index contributed by atoms with van der Waals surface area (Å²) in [6, 6.07) is 22.7. The summed E-state index contributed by atoms with van der Waals surface area (Å²) < 4.78 is 9.95. The fourth-order valence-corrected chi connectivity index (χ4v) is 4.65. The number of amides is 1. The van der Waals surface area contributed by atoms with Gasteiger partial charge in [0, 0.05) is 35.4 Å². The summed E-state index contributed by atoms with van der Waals surface area (Å²) in [6.45, 7) is 2.66. The van der Waals surface area contributed by atoms with Gasteiger partial charge < -0.3 is 30.1 Å². The van der Waals surface area contributed by atoms with Crippen molar-refractivity contribution < 1.29 is 34.4 Å². The lowest BCUT2D eigenvalue weighted by molar-refractivity contribution is 0.0696. The molecule has 0 aliphatic rings. The van der Waals surface area contributed by atoms with Gasteiger partial charge in [0.15, 0.2) is 23.0 Å². The Morgan fingerprint density at radius 1 is 0.708 bits per heavy atom. The molecule has 0 aromatic heterocycles. The lowest BCUT2D eigenvalue weighted by Gasteiger charge is -2.12. The number of aromatic hydroxyl groups is 2. The lowest BCUT2D eigenvalue weighted by atomic mass is 9.93. The Labute approximate surface area is 276 Å². The number of aromatic carboxylic acids is 1. The number of hydrogen-bond donors (Lipinski definition) is 4. The molecule has 1 amide bonds. The second-order valence-corrected chi connectivity index (χ2v) is 9.97. The predicted octanol–water partition coefficient (Wildman–Crippen LogP) is 5.85. The second-order valence-electron chi connectivity index (χ2n) is 9.97. The van der Waals surface area contributed by atoms with Crippen molar-refractivity contribution in [2.45, 2.75) is 19.8 Å². The first-order valence-corrected chi connectivity index (χ1v) is 14.3. The molecule has 0 atom stereocenters. The van der Waals surface area contributed by atoms with E-state index in [1.165, 1.54) is 50.6 Å². The van der Waals surface area contributed by atoms with E-state index in [0.29, 0.717) is 28.8 Å². The number of unbranched alkanes of at least 4 members (excludes halogenated alkanes) is 1. The van der Waals surface area contributed by atoms with Gasteiger partial charge >= 0.3 is 5.97 Å². The summed E-state index contributed by atoms with van der Waals surface area (Å²) in [6.07, 6.45) is 1.90. The summed E-state index contributed by atoms with van der Waals surface area (Å²) in [5.74, 6) is -1.84. The Morgan fingerprint density at radius 2 is 1.12 bits per heavy atom. The van der Waals surface area contributed by atoms with Crippen LogP contribution in [-0.4, -0.2) is 48.0 Å². The van der Waals surface area contributed by atoms with Gasteiger partial charge in [-0.25, -0.2) is 4.79 Å². The van der Waals surface area contributed by atoms with Crippen molar-refractivity contribution in [2.24, 2.45) is 0 Å². The molecule has 0 radical (unpaired) electrons. The van der Waals surface area contributed by atoms with Crippen LogP contribution in [0.2, 0.25) is 0 Å². The van der Waals surface area contributed by atoms with E-state index in [2.05, 4.69) is 5.32 Å². The molecular formula is C36H29N5O7. The largest absolute Gasteiger partial charge is 0.503 e. The number of carboxylic acids is 1. The quantitative estimate of drug-likeness (QED) is 0.158. The van der Waals surface area contributed by atoms with Gasteiger partial charge in [0.05, 0.1) is 43.0 Å². The molecule has 4 rings (SSSR count). The van der Waals surface area contributed by atoms with Crippen molar-refractivity contribution in [3.05, 3.63) is 94.0 Å². The number of ether oxygens (including phenoxy) is 2. The number of phenols is 2. The fraction of sp³-hybridized carbons (Fsp3) is 0.167. The first-order valence-electron chi connectivity index (χ1n) is 14.3. The van der Waals surface area contributed by atoms with E-state index in [1.807, 2.05) is 31.2 Å². The molecule has 0 saturated heterocycles. The molecule has 4 N–H and O–H groups in total. The molecule has 48 heavy (non-hydrogen) atoms. The third-order valence-corrected chi connectivity index (χ3v) is 7.11. The van der Waals surface area contributed by atoms with E-state index in [1.54, 1.807) is 24.3 Å². The summed E-state index contributed by atoms with van der Waals surface area (Å²) in [4.78, 5) is 23.0. The zero-order valence-electron chi connectivity index (χ0n) is 26.2. The Morgan fingerprint density at radius 3 is 1.46 bits per heavy atom. The van der Waals surface area contributed by atoms with Gasteiger partial charge in [-0.3, -0.25) is 4.79 Å². The van der Waals surface area contributed by atoms with Crippen LogP contribution < -0.4 is 14.8 Å². The first-order chi connectivity index (χ1) is 23.1. The van der Waals surface area contributed by atoms with Gasteiger partial charge in [-0.05, 0) is 41.8 Å². The van der Waals surface area contributed by atoms with Crippen LogP contribution in [-0.2, 0) is 0 Å². The Balaban J connectivity index is 0.000000264. The summed E-state index contributed by atoms with van der Waals surface area (Å²) >= 11 is 0. The normalized spacial score (nSPS) is 9.73. The van der Waals surface area contributed by atoms with Crippen molar-refractivity contribution in [1.82, 2.24) is 5.32 Å². The maximum atomic E-state index is 12.1. The van der Waals surface area contributed by atoms with Crippen LogP contribution in [0.5, 0.6) is 23.0 Å². The van der Waals surface area contributed by atoms with Crippen LogP contribution in [0.25, 0.3) is 22.3 Å². The van der Waals surface area contributed by atoms with Crippen molar-refractivity contribution in [1.29, 1.82) is 21.0 Å². The molecule has 12 heteroatoms. The second kappa shape index (κ2) is 16.3. The minimum absolute atomic E-state index is 0.0269. The Hall–Kier alpha value is -7.02. The number of nitriles is 4. The predicted molar refractivity (Wildman–Crippen MR) is 173 cm³/mol. The number of carboxylic acid groups (broad SMARTS) is 1. The number of carbonyl (C=O) groups excluding carboxylic acids is 1. The van der Waals surface area contributed by atoms with Crippen molar-refractivity contribution in [2.75, 3.05) is 20.8 Å². The first kappa shape index (κ1) is 35.5. The average Bonchev–Trinajstić information content (AvgIpc) is 3.11. The molecule has 240 valence electrons. The van der Waals surface area contributed by atoms with Gasteiger partial charge in [-0.15, -0.1) is 0 Å². The van der Waals surface area contributed by atoms with E-state index in [4.69, 9.17) is 14.6 Å². The molecule has 0 aliphatic heterocycles. The Bertz CT molecular complexity index is 2010. The van der Waals surface area contributed by atoms with Gasteiger partial charge in [0.25, 0.3) is 5.91 Å². The van der Waals surface area contributed by atoms with E-state index in [-0.39, 0.29) is 62.3 Å². The third kappa shape index (κ3) is 7.61. The van der Waals surface area contributed by atoms with Crippen LogP contribution in [0.15, 0.2) is 60.7 Å². The molecule has 0 aliphatic carbocycles. The van der Waals surface area contributed by atoms with Gasteiger partial charge in [-0.2, -0.15) is 21.0 Å². The number of benzene rings is 4. The molecule has 0 spiro atoms. The van der Waals surface area contributed by atoms with Crippen molar-refractivity contribution in [3.63, 3.8) is 0 Å². The summed E-state index contributed by atoms with van der Waals surface area (Å²) in [7, 11) is 2.67. The van der Waals surface area contributed by atoms with Crippen LogP contribution >= 0.6 is 0 Å². The molecule has 0 saturated carbocycles. The van der Waals surface area contributed by atoms with Gasteiger partial charge in [0.1, 0.15) is 23.3 Å². The van der Waals surface area contributed by atoms with Gasteiger partial charge in [0.2, 0.25) is 0 Å². The van der Waals surface area contributed by atoms with Crippen LogP contribution in [0.1, 0.15) is 62.7 Å².